The lowest BCUT2D eigenvalue weighted by Gasteiger charge is -2.29. The van der Waals surface area contributed by atoms with Crippen LogP contribution in [0.5, 0.6) is 11.5 Å². The first-order chi connectivity index (χ1) is 13.5. The summed E-state index contributed by atoms with van der Waals surface area (Å²) in [5.41, 5.74) is 0.194. The van der Waals surface area contributed by atoms with Crippen molar-refractivity contribution in [2.24, 2.45) is 0 Å². The zero-order chi connectivity index (χ0) is 19.7. The molecule has 1 unspecified atom stereocenters. The van der Waals surface area contributed by atoms with Gasteiger partial charge in [0.2, 0.25) is 0 Å². The minimum atomic E-state index is -2.87. The Kier molecular flexibility index (Phi) is 6.43. The van der Waals surface area contributed by atoms with Crippen molar-refractivity contribution in [2.45, 2.75) is 31.6 Å². The number of alkyl halides is 2. The first kappa shape index (κ1) is 21.5. The van der Waals surface area contributed by atoms with Gasteiger partial charge in [-0.15, -0.1) is 17.0 Å². The van der Waals surface area contributed by atoms with Crippen LogP contribution in [-0.2, 0) is 5.72 Å². The van der Waals surface area contributed by atoms with Gasteiger partial charge in [-0.3, -0.25) is 4.58 Å². The van der Waals surface area contributed by atoms with Gasteiger partial charge in [-0.1, -0.05) is 0 Å². The molecular formula is C21H24BrF2N2O3+. The maximum atomic E-state index is 12.4. The molecule has 156 valence electrons. The summed E-state index contributed by atoms with van der Waals surface area (Å²) in [6.07, 6.45) is 3.02. The van der Waals surface area contributed by atoms with E-state index in [1.165, 1.54) is 12.1 Å². The van der Waals surface area contributed by atoms with E-state index in [-0.39, 0.29) is 22.7 Å². The van der Waals surface area contributed by atoms with Crippen molar-refractivity contribution in [1.29, 1.82) is 0 Å². The number of rotatable bonds is 5. The Morgan fingerprint density at radius 3 is 2.31 bits per heavy atom. The molecule has 0 amide bonds. The Morgan fingerprint density at radius 2 is 1.69 bits per heavy atom. The molecule has 2 aliphatic rings. The van der Waals surface area contributed by atoms with Gasteiger partial charge < -0.3 is 14.6 Å². The van der Waals surface area contributed by atoms with E-state index in [1.807, 2.05) is 29.2 Å². The van der Waals surface area contributed by atoms with E-state index < -0.39 is 12.3 Å². The lowest BCUT2D eigenvalue weighted by molar-refractivity contribution is -0.538. The molecule has 0 spiro atoms. The number of methoxy groups -OCH3 is 1. The van der Waals surface area contributed by atoms with Crippen LogP contribution in [0.4, 0.5) is 14.5 Å². The van der Waals surface area contributed by atoms with Crippen LogP contribution < -0.4 is 14.4 Å². The summed E-state index contributed by atoms with van der Waals surface area (Å²) in [6.45, 7) is -1.57. The number of nitrogens with zero attached hydrogens (tertiary/aromatic N) is 2. The Bertz CT molecular complexity index is 874. The third kappa shape index (κ3) is 4.09. The number of ether oxygens (including phenoxy) is 2. The predicted octanol–water partition coefficient (Wildman–Crippen LogP) is 4.13. The molecule has 0 radical (unpaired) electrons. The van der Waals surface area contributed by atoms with Gasteiger partial charge in [0, 0.05) is 12.0 Å². The third-order valence-corrected chi connectivity index (χ3v) is 5.36. The molecule has 29 heavy (non-hydrogen) atoms. The van der Waals surface area contributed by atoms with E-state index in [0.29, 0.717) is 12.1 Å². The number of amidine groups is 1. The minimum absolute atomic E-state index is 0. The molecule has 0 bridgehead atoms. The fourth-order valence-corrected chi connectivity index (χ4v) is 4.06. The monoisotopic (exact) mass is 469 g/mol. The van der Waals surface area contributed by atoms with Gasteiger partial charge in [-0.05, 0) is 61.4 Å². The highest BCUT2D eigenvalue weighted by atomic mass is 79.9. The van der Waals surface area contributed by atoms with Gasteiger partial charge in [-0.2, -0.15) is 13.7 Å². The van der Waals surface area contributed by atoms with E-state index in [9.17, 15) is 13.9 Å². The number of hydrogen-bond donors (Lipinski definition) is 1. The lowest BCUT2D eigenvalue weighted by atomic mass is 10.0. The Labute approximate surface area is 178 Å². The second-order valence-electron chi connectivity index (χ2n) is 7.05. The second kappa shape index (κ2) is 8.67. The van der Waals surface area contributed by atoms with Crippen LogP contribution in [0.25, 0.3) is 0 Å². The molecule has 2 heterocycles. The maximum absolute atomic E-state index is 12.4. The zero-order valence-corrected chi connectivity index (χ0v) is 17.8. The molecule has 5 nitrogen and oxygen atoms in total. The molecule has 1 atom stereocenters. The van der Waals surface area contributed by atoms with Crippen molar-refractivity contribution in [3.8, 4) is 11.5 Å². The lowest BCUT2D eigenvalue weighted by Crippen LogP contribution is -2.47. The van der Waals surface area contributed by atoms with Crippen molar-refractivity contribution in [3.05, 3.63) is 54.1 Å². The number of hydrogen-bond acceptors (Lipinski definition) is 4. The fourth-order valence-electron chi connectivity index (χ4n) is 4.06. The summed E-state index contributed by atoms with van der Waals surface area (Å²) in [6, 6.07) is 13.8. The molecule has 8 heteroatoms. The molecule has 2 aliphatic heterocycles. The standard InChI is InChI=1S/C21H23F2N2O3.BrH/c1-27-17-11-7-16(8-12-17)25-19-4-2-3-13-24(19)14-21(25,26)15-5-9-18(10-6-15)28-20(22)23;/h5-12,20,26H,2-4,13-14H2,1H3;1H/q+1;. The highest BCUT2D eigenvalue weighted by molar-refractivity contribution is 8.93. The second-order valence-corrected chi connectivity index (χ2v) is 7.05. The first-order valence-corrected chi connectivity index (χ1v) is 9.34. The average Bonchev–Trinajstić information content (AvgIpc) is 3.01. The zero-order valence-electron chi connectivity index (χ0n) is 16.1. The molecule has 0 aliphatic carbocycles. The van der Waals surface area contributed by atoms with E-state index in [2.05, 4.69) is 9.31 Å². The normalized spacial score (nSPS) is 21.1. The highest BCUT2D eigenvalue weighted by Crippen LogP contribution is 2.39. The first-order valence-electron chi connectivity index (χ1n) is 9.34. The number of anilines is 1. The van der Waals surface area contributed by atoms with Gasteiger partial charge in [0.15, 0.2) is 6.54 Å². The van der Waals surface area contributed by atoms with Crippen LogP contribution in [-0.4, -0.2) is 42.3 Å². The van der Waals surface area contributed by atoms with Gasteiger partial charge in [0.1, 0.15) is 17.2 Å². The van der Waals surface area contributed by atoms with Crippen molar-refractivity contribution < 1.29 is 27.9 Å². The smallest absolute Gasteiger partial charge is 0.387 e. The van der Waals surface area contributed by atoms with Gasteiger partial charge in [0.05, 0.1) is 13.7 Å². The quantitative estimate of drug-likeness (QED) is 0.668. The summed E-state index contributed by atoms with van der Waals surface area (Å²) < 4.78 is 36.8. The molecule has 0 fully saturated rings. The molecular weight excluding hydrogens is 446 g/mol. The average molecular weight is 470 g/mol. The fraction of sp³-hybridized carbons (Fsp3) is 0.381. The van der Waals surface area contributed by atoms with Crippen molar-refractivity contribution in [3.63, 3.8) is 0 Å². The van der Waals surface area contributed by atoms with Crippen LogP contribution >= 0.6 is 17.0 Å². The van der Waals surface area contributed by atoms with E-state index in [0.717, 1.165) is 43.1 Å². The molecule has 1 N–H and O–H groups in total. The highest BCUT2D eigenvalue weighted by Gasteiger charge is 2.54. The topological polar surface area (TPSA) is 44.9 Å². The maximum Gasteiger partial charge on any atom is 0.387 e. The predicted molar refractivity (Wildman–Crippen MR) is 112 cm³/mol. The van der Waals surface area contributed by atoms with Crippen LogP contribution in [0, 0.1) is 0 Å². The van der Waals surface area contributed by atoms with Crippen LogP contribution in [0.1, 0.15) is 24.8 Å². The summed E-state index contributed by atoms with van der Waals surface area (Å²) >= 11 is 0. The van der Waals surface area contributed by atoms with Crippen LogP contribution in [0.3, 0.4) is 0 Å². The minimum Gasteiger partial charge on any atom is -0.497 e. The van der Waals surface area contributed by atoms with Crippen LogP contribution in [0.15, 0.2) is 48.5 Å². The molecule has 0 saturated heterocycles. The Morgan fingerprint density at radius 1 is 1.03 bits per heavy atom. The van der Waals surface area contributed by atoms with E-state index in [1.54, 1.807) is 19.2 Å². The molecule has 4 rings (SSSR count). The molecule has 2 aromatic carbocycles. The number of halogens is 3. The molecule has 2 aromatic rings. The van der Waals surface area contributed by atoms with Crippen molar-refractivity contribution in [2.75, 3.05) is 25.1 Å². The van der Waals surface area contributed by atoms with Gasteiger partial charge in [-0.25, -0.2) is 0 Å². The largest absolute Gasteiger partial charge is 0.497 e. The SMILES string of the molecule is Br.COc1ccc(N2C3=[N+](CCCC3)CC2(O)c2ccc(OC(F)F)cc2)cc1. The van der Waals surface area contributed by atoms with Crippen molar-refractivity contribution >= 4 is 28.5 Å². The van der Waals surface area contributed by atoms with Gasteiger partial charge >= 0.3 is 6.61 Å². The third-order valence-electron chi connectivity index (χ3n) is 5.36. The van der Waals surface area contributed by atoms with Crippen LogP contribution in [0.2, 0.25) is 0 Å². The number of benzene rings is 2. The summed E-state index contributed by atoms with van der Waals surface area (Å²) in [5.74, 6) is 1.89. The Balaban J connectivity index is 0.00000240. The van der Waals surface area contributed by atoms with E-state index in [4.69, 9.17) is 4.74 Å². The summed E-state index contributed by atoms with van der Waals surface area (Å²) in [7, 11) is 1.61. The van der Waals surface area contributed by atoms with E-state index >= 15 is 0 Å². The van der Waals surface area contributed by atoms with Gasteiger partial charge in [0.25, 0.3) is 11.6 Å². The molecule has 0 aromatic heterocycles. The summed E-state index contributed by atoms with van der Waals surface area (Å²) in [4.78, 5) is 1.95. The summed E-state index contributed by atoms with van der Waals surface area (Å²) in [5, 5.41) is 11.7. The van der Waals surface area contributed by atoms with Crippen molar-refractivity contribution in [1.82, 2.24) is 0 Å². The Hall–Kier alpha value is -2.19. The molecule has 0 saturated carbocycles. The number of aliphatic hydroxyl groups is 1.